The zero-order valence-corrected chi connectivity index (χ0v) is 15.7. The van der Waals surface area contributed by atoms with Gasteiger partial charge in [0.1, 0.15) is 0 Å². The van der Waals surface area contributed by atoms with Gasteiger partial charge in [-0.3, -0.25) is 0 Å². The summed E-state index contributed by atoms with van der Waals surface area (Å²) < 4.78 is 0. The molecule has 118 valence electrons. The van der Waals surface area contributed by atoms with E-state index in [4.69, 9.17) is 34.8 Å². The first-order valence-electron chi connectivity index (χ1n) is 7.44. The standard InChI is InChI=1S/C19H21Cl3/c1-12(2)15-7-5-13(9-17(15)21)11-19(3,4)14-6-8-16(20)18(22)10-14/h5-10,12H,11H2,1-4H3. The Morgan fingerprint density at radius 1 is 0.864 bits per heavy atom. The third kappa shape index (κ3) is 3.98. The van der Waals surface area contributed by atoms with Gasteiger partial charge in [-0.2, -0.15) is 0 Å². The number of rotatable bonds is 4. The predicted molar refractivity (Wildman–Crippen MR) is 98.7 cm³/mol. The molecule has 0 bridgehead atoms. The van der Waals surface area contributed by atoms with Gasteiger partial charge in [0.2, 0.25) is 0 Å². The maximum absolute atomic E-state index is 6.41. The van der Waals surface area contributed by atoms with E-state index in [0.29, 0.717) is 16.0 Å². The lowest BCUT2D eigenvalue weighted by Gasteiger charge is -2.26. The molecular formula is C19H21Cl3. The quantitative estimate of drug-likeness (QED) is 0.540. The lowest BCUT2D eigenvalue weighted by molar-refractivity contribution is 0.522. The van der Waals surface area contributed by atoms with Crippen LogP contribution in [0.4, 0.5) is 0 Å². The number of benzene rings is 2. The van der Waals surface area contributed by atoms with Crippen LogP contribution >= 0.6 is 34.8 Å². The van der Waals surface area contributed by atoms with Crippen LogP contribution < -0.4 is 0 Å². The molecule has 0 aliphatic heterocycles. The Bertz CT molecular complexity index is 672. The molecule has 0 N–H and O–H groups in total. The normalized spacial score (nSPS) is 12.0. The van der Waals surface area contributed by atoms with Gasteiger partial charge in [0.15, 0.2) is 0 Å². The Balaban J connectivity index is 2.28. The first-order chi connectivity index (χ1) is 10.2. The third-order valence-corrected chi connectivity index (χ3v) is 5.10. The van der Waals surface area contributed by atoms with E-state index in [1.54, 1.807) is 0 Å². The van der Waals surface area contributed by atoms with Gasteiger partial charge in [-0.15, -0.1) is 0 Å². The largest absolute Gasteiger partial charge is 0.0840 e. The zero-order valence-electron chi connectivity index (χ0n) is 13.4. The minimum absolute atomic E-state index is 0.0447. The predicted octanol–water partition coefficient (Wildman–Crippen LogP) is 7.29. The highest BCUT2D eigenvalue weighted by Gasteiger charge is 2.22. The fourth-order valence-electron chi connectivity index (χ4n) is 2.68. The van der Waals surface area contributed by atoms with Crippen LogP contribution in [0.2, 0.25) is 15.1 Å². The summed E-state index contributed by atoms with van der Waals surface area (Å²) in [6, 6.07) is 12.2. The van der Waals surface area contributed by atoms with Crippen molar-refractivity contribution in [1.82, 2.24) is 0 Å². The summed E-state index contributed by atoms with van der Waals surface area (Å²) in [5.74, 6) is 0.435. The summed E-state index contributed by atoms with van der Waals surface area (Å²) in [5, 5.41) is 2.03. The van der Waals surface area contributed by atoms with Gasteiger partial charge < -0.3 is 0 Å². The third-order valence-electron chi connectivity index (χ3n) is 4.03. The molecule has 0 fully saturated rings. The molecule has 2 rings (SSSR count). The molecule has 0 spiro atoms. The van der Waals surface area contributed by atoms with E-state index in [2.05, 4.69) is 45.9 Å². The van der Waals surface area contributed by atoms with E-state index in [1.807, 2.05) is 18.2 Å². The Morgan fingerprint density at radius 3 is 2.09 bits per heavy atom. The summed E-state index contributed by atoms with van der Waals surface area (Å²) in [6.07, 6.45) is 0.892. The Labute approximate surface area is 148 Å². The molecule has 0 amide bonds. The molecule has 0 radical (unpaired) electrons. The molecule has 0 unspecified atom stereocenters. The van der Waals surface area contributed by atoms with Crippen molar-refractivity contribution < 1.29 is 0 Å². The van der Waals surface area contributed by atoms with Crippen LogP contribution in [0.25, 0.3) is 0 Å². The lowest BCUT2D eigenvalue weighted by atomic mass is 9.79. The van der Waals surface area contributed by atoms with E-state index in [0.717, 1.165) is 11.4 Å². The van der Waals surface area contributed by atoms with Crippen LogP contribution in [-0.2, 0) is 11.8 Å². The maximum atomic E-state index is 6.41. The van der Waals surface area contributed by atoms with Crippen LogP contribution in [0.5, 0.6) is 0 Å². The van der Waals surface area contributed by atoms with Gasteiger partial charge in [-0.25, -0.2) is 0 Å². The van der Waals surface area contributed by atoms with Gasteiger partial charge in [0.25, 0.3) is 0 Å². The minimum Gasteiger partial charge on any atom is -0.0840 e. The van der Waals surface area contributed by atoms with E-state index >= 15 is 0 Å². The molecule has 0 aliphatic rings. The molecule has 0 heterocycles. The van der Waals surface area contributed by atoms with Crippen LogP contribution in [0.15, 0.2) is 36.4 Å². The maximum Gasteiger partial charge on any atom is 0.0595 e. The smallest absolute Gasteiger partial charge is 0.0595 e. The topological polar surface area (TPSA) is 0 Å². The minimum atomic E-state index is -0.0447. The first-order valence-corrected chi connectivity index (χ1v) is 8.58. The molecule has 2 aromatic carbocycles. The summed E-state index contributed by atoms with van der Waals surface area (Å²) >= 11 is 18.6. The fourth-order valence-corrected chi connectivity index (χ4v) is 3.40. The van der Waals surface area contributed by atoms with Crippen molar-refractivity contribution in [2.75, 3.05) is 0 Å². The Hall–Kier alpha value is -0.690. The number of halogens is 3. The van der Waals surface area contributed by atoms with E-state index in [-0.39, 0.29) is 5.41 Å². The summed E-state index contributed by atoms with van der Waals surface area (Å²) in [4.78, 5) is 0. The van der Waals surface area contributed by atoms with Gasteiger partial charge >= 0.3 is 0 Å². The van der Waals surface area contributed by atoms with E-state index < -0.39 is 0 Å². The van der Waals surface area contributed by atoms with Crippen molar-refractivity contribution in [3.05, 3.63) is 68.2 Å². The van der Waals surface area contributed by atoms with Crippen molar-refractivity contribution in [2.45, 2.75) is 45.4 Å². The SMILES string of the molecule is CC(C)c1ccc(CC(C)(C)c2ccc(Cl)c(Cl)c2)cc1Cl. The second-order valence-corrected chi connectivity index (χ2v) is 7.92. The molecular weight excluding hydrogens is 335 g/mol. The summed E-state index contributed by atoms with van der Waals surface area (Å²) in [6.45, 7) is 8.72. The van der Waals surface area contributed by atoms with Crippen LogP contribution in [0.3, 0.4) is 0 Å². The number of hydrogen-bond donors (Lipinski definition) is 0. The van der Waals surface area contributed by atoms with Gasteiger partial charge in [-0.1, -0.05) is 80.7 Å². The molecule has 0 aromatic heterocycles. The van der Waals surface area contributed by atoms with Crippen LogP contribution in [-0.4, -0.2) is 0 Å². The molecule has 2 aromatic rings. The van der Waals surface area contributed by atoms with Gasteiger partial charge in [-0.05, 0) is 52.6 Å². The van der Waals surface area contributed by atoms with E-state index in [1.165, 1.54) is 16.7 Å². The highest BCUT2D eigenvalue weighted by atomic mass is 35.5. The van der Waals surface area contributed by atoms with Crippen LogP contribution in [0, 0.1) is 0 Å². The second kappa shape index (κ2) is 6.83. The van der Waals surface area contributed by atoms with Crippen molar-refractivity contribution in [2.24, 2.45) is 0 Å². The molecule has 0 aliphatic carbocycles. The molecule has 0 saturated heterocycles. The van der Waals surface area contributed by atoms with Crippen molar-refractivity contribution >= 4 is 34.8 Å². The average molecular weight is 356 g/mol. The fraction of sp³-hybridized carbons (Fsp3) is 0.368. The van der Waals surface area contributed by atoms with Crippen molar-refractivity contribution in [3.8, 4) is 0 Å². The van der Waals surface area contributed by atoms with Crippen molar-refractivity contribution in [1.29, 1.82) is 0 Å². The highest BCUT2D eigenvalue weighted by molar-refractivity contribution is 6.42. The Kier molecular flexibility index (Phi) is 5.48. The Morgan fingerprint density at radius 2 is 1.55 bits per heavy atom. The first kappa shape index (κ1) is 17.7. The monoisotopic (exact) mass is 354 g/mol. The van der Waals surface area contributed by atoms with E-state index in [9.17, 15) is 0 Å². The van der Waals surface area contributed by atoms with Gasteiger partial charge in [0.05, 0.1) is 10.0 Å². The molecule has 3 heteroatoms. The lowest BCUT2D eigenvalue weighted by Crippen LogP contribution is -2.20. The molecule has 0 saturated carbocycles. The van der Waals surface area contributed by atoms with Crippen LogP contribution in [0.1, 0.15) is 50.3 Å². The van der Waals surface area contributed by atoms with Crippen molar-refractivity contribution in [3.63, 3.8) is 0 Å². The average Bonchev–Trinajstić information content (AvgIpc) is 2.40. The molecule has 0 nitrogen and oxygen atoms in total. The van der Waals surface area contributed by atoms with Gasteiger partial charge in [0, 0.05) is 5.02 Å². The highest BCUT2D eigenvalue weighted by Crippen LogP contribution is 2.34. The second-order valence-electron chi connectivity index (χ2n) is 6.70. The zero-order chi connectivity index (χ0) is 16.5. The molecule has 0 atom stereocenters. The number of hydrogen-bond acceptors (Lipinski definition) is 0. The summed E-state index contributed by atoms with van der Waals surface area (Å²) in [7, 11) is 0. The molecule has 22 heavy (non-hydrogen) atoms. The summed E-state index contributed by atoms with van der Waals surface area (Å²) in [5.41, 5.74) is 3.55.